The largest absolute Gasteiger partial charge is 0.281 e. The molecule has 0 aliphatic rings. The molecule has 0 aromatic heterocycles. The molecule has 0 unspecified atom stereocenters. The average molecular weight is 189 g/mol. The molecule has 12 heavy (non-hydrogen) atoms. The van der Waals surface area contributed by atoms with Crippen molar-refractivity contribution in [3.63, 3.8) is 0 Å². The Morgan fingerprint density at radius 3 is 2.58 bits per heavy atom. The lowest BCUT2D eigenvalue weighted by Crippen LogP contribution is -1.79. The Balaban J connectivity index is 3.08. The van der Waals surface area contributed by atoms with E-state index in [0.717, 1.165) is 6.42 Å². The molecule has 0 bridgehead atoms. The first-order valence-electron chi connectivity index (χ1n) is 4.60. The number of rotatable bonds is 7. The van der Waals surface area contributed by atoms with Crippen LogP contribution in [0, 0.1) is 0 Å². The summed E-state index contributed by atoms with van der Waals surface area (Å²) in [6.07, 6.45) is 10.4. The van der Waals surface area contributed by atoms with Gasteiger partial charge in [-0.1, -0.05) is 38.3 Å². The van der Waals surface area contributed by atoms with Gasteiger partial charge in [0.15, 0.2) is 0 Å². The van der Waals surface area contributed by atoms with Gasteiger partial charge < -0.3 is 0 Å². The molecule has 0 heterocycles. The second-order valence-electron chi connectivity index (χ2n) is 2.88. The maximum Gasteiger partial charge on any atom is 0.225 e. The van der Waals surface area contributed by atoms with Crippen LogP contribution in [-0.2, 0) is 4.79 Å². The van der Waals surface area contributed by atoms with E-state index in [1.807, 2.05) is 12.2 Å². The number of halogens is 1. The first-order chi connectivity index (χ1) is 5.77. The van der Waals surface area contributed by atoms with Crippen molar-refractivity contribution < 1.29 is 4.79 Å². The topological polar surface area (TPSA) is 17.1 Å². The summed E-state index contributed by atoms with van der Waals surface area (Å²) < 4.78 is 0. The van der Waals surface area contributed by atoms with E-state index in [1.54, 1.807) is 0 Å². The van der Waals surface area contributed by atoms with Gasteiger partial charge in [0, 0.05) is 6.42 Å². The van der Waals surface area contributed by atoms with Crippen molar-refractivity contribution >= 4 is 16.8 Å². The quantitative estimate of drug-likeness (QED) is 0.339. The zero-order chi connectivity index (χ0) is 9.23. The molecule has 2 heteroatoms. The van der Waals surface area contributed by atoms with E-state index in [4.69, 9.17) is 11.6 Å². The fourth-order valence-corrected chi connectivity index (χ4v) is 1.07. The van der Waals surface area contributed by atoms with Crippen LogP contribution in [0.5, 0.6) is 0 Å². The van der Waals surface area contributed by atoms with Crippen LogP contribution in [-0.4, -0.2) is 5.24 Å². The molecular formula is C10H17ClO. The van der Waals surface area contributed by atoms with Gasteiger partial charge in [0.05, 0.1) is 0 Å². The molecule has 1 nitrogen and oxygen atoms in total. The van der Waals surface area contributed by atoms with E-state index in [9.17, 15) is 4.79 Å². The van der Waals surface area contributed by atoms with Crippen molar-refractivity contribution in [2.75, 3.05) is 0 Å². The molecule has 0 fully saturated rings. The van der Waals surface area contributed by atoms with Crippen LogP contribution >= 0.6 is 11.6 Å². The Kier molecular flexibility index (Phi) is 8.57. The predicted molar refractivity (Wildman–Crippen MR) is 53.4 cm³/mol. The van der Waals surface area contributed by atoms with Crippen molar-refractivity contribution in [3.8, 4) is 0 Å². The maximum absolute atomic E-state index is 10.3. The highest BCUT2D eigenvalue weighted by Gasteiger charge is 1.88. The van der Waals surface area contributed by atoms with Gasteiger partial charge in [-0.15, -0.1) is 0 Å². The first-order valence-corrected chi connectivity index (χ1v) is 4.98. The van der Waals surface area contributed by atoms with Gasteiger partial charge in [-0.25, -0.2) is 0 Å². The Morgan fingerprint density at radius 1 is 1.25 bits per heavy atom. The maximum atomic E-state index is 10.3. The summed E-state index contributed by atoms with van der Waals surface area (Å²) in [6.45, 7) is 2.20. The van der Waals surface area contributed by atoms with E-state index < -0.39 is 0 Å². The highest BCUT2D eigenvalue weighted by atomic mass is 35.5. The molecule has 0 saturated heterocycles. The highest BCUT2D eigenvalue weighted by Crippen LogP contribution is 2.03. The molecule has 0 atom stereocenters. The Morgan fingerprint density at radius 2 is 2.00 bits per heavy atom. The minimum Gasteiger partial charge on any atom is -0.281 e. The third-order valence-corrected chi connectivity index (χ3v) is 1.82. The lowest BCUT2D eigenvalue weighted by Gasteiger charge is -1.93. The summed E-state index contributed by atoms with van der Waals surface area (Å²) in [6, 6.07) is 0. The summed E-state index contributed by atoms with van der Waals surface area (Å²) in [5.41, 5.74) is 0. The lowest BCUT2D eigenvalue weighted by molar-refractivity contribution is -0.110. The molecule has 0 radical (unpaired) electrons. The Bertz CT molecular complexity index is 141. The van der Waals surface area contributed by atoms with Crippen molar-refractivity contribution in [2.45, 2.75) is 45.4 Å². The number of hydrogen-bond donors (Lipinski definition) is 0. The second-order valence-corrected chi connectivity index (χ2v) is 3.30. The van der Waals surface area contributed by atoms with Crippen LogP contribution in [0.25, 0.3) is 0 Å². The van der Waals surface area contributed by atoms with Crippen LogP contribution in [0.4, 0.5) is 0 Å². The van der Waals surface area contributed by atoms with E-state index in [0.29, 0.717) is 6.42 Å². The van der Waals surface area contributed by atoms with E-state index in [-0.39, 0.29) is 5.24 Å². The van der Waals surface area contributed by atoms with Crippen LogP contribution in [0.2, 0.25) is 0 Å². The number of unbranched alkanes of at least 4 members (excludes halogenated alkanes) is 4. The van der Waals surface area contributed by atoms with Crippen LogP contribution in [0.3, 0.4) is 0 Å². The van der Waals surface area contributed by atoms with Gasteiger partial charge in [0.2, 0.25) is 5.24 Å². The number of hydrogen-bond acceptors (Lipinski definition) is 1. The van der Waals surface area contributed by atoms with Crippen molar-refractivity contribution in [1.82, 2.24) is 0 Å². The fourth-order valence-electron chi connectivity index (χ4n) is 0.983. The third kappa shape index (κ3) is 9.70. The SMILES string of the molecule is CCCCCC/C=C/CC(=O)Cl. The minimum absolute atomic E-state index is 0.278. The summed E-state index contributed by atoms with van der Waals surface area (Å²) in [5, 5.41) is -0.278. The third-order valence-electron chi connectivity index (χ3n) is 1.67. The van der Waals surface area contributed by atoms with Gasteiger partial charge in [-0.05, 0) is 24.4 Å². The molecule has 0 amide bonds. The molecule has 70 valence electrons. The highest BCUT2D eigenvalue weighted by molar-refractivity contribution is 6.63. The van der Waals surface area contributed by atoms with Gasteiger partial charge in [0.1, 0.15) is 0 Å². The van der Waals surface area contributed by atoms with Crippen LogP contribution < -0.4 is 0 Å². The molecule has 0 aromatic rings. The van der Waals surface area contributed by atoms with Gasteiger partial charge in [-0.2, -0.15) is 0 Å². The van der Waals surface area contributed by atoms with Crippen molar-refractivity contribution in [2.24, 2.45) is 0 Å². The summed E-state index contributed by atoms with van der Waals surface area (Å²) in [4.78, 5) is 10.3. The van der Waals surface area contributed by atoms with E-state index in [1.165, 1.54) is 25.7 Å². The van der Waals surface area contributed by atoms with E-state index in [2.05, 4.69) is 6.92 Å². The summed E-state index contributed by atoms with van der Waals surface area (Å²) in [7, 11) is 0. The Hall–Kier alpha value is -0.300. The zero-order valence-electron chi connectivity index (χ0n) is 7.68. The first kappa shape index (κ1) is 11.7. The number of carbonyl (C=O) groups is 1. The van der Waals surface area contributed by atoms with Gasteiger partial charge in [-0.3, -0.25) is 4.79 Å². The standard InChI is InChI=1S/C10H17ClO/c1-2-3-4-5-6-7-8-9-10(11)12/h7-8H,2-6,9H2,1H3/b8-7+. The molecule has 0 aliphatic carbocycles. The Labute approximate surface area is 79.8 Å². The molecule has 0 spiro atoms. The molecular weight excluding hydrogens is 172 g/mol. The van der Waals surface area contributed by atoms with Gasteiger partial charge >= 0.3 is 0 Å². The minimum atomic E-state index is -0.278. The summed E-state index contributed by atoms with van der Waals surface area (Å²) in [5.74, 6) is 0. The van der Waals surface area contributed by atoms with Crippen molar-refractivity contribution in [3.05, 3.63) is 12.2 Å². The molecule has 0 aliphatic heterocycles. The summed E-state index contributed by atoms with van der Waals surface area (Å²) >= 11 is 5.15. The molecule has 0 saturated carbocycles. The lowest BCUT2D eigenvalue weighted by atomic mass is 10.1. The average Bonchev–Trinajstić information content (AvgIpc) is 2.02. The van der Waals surface area contributed by atoms with E-state index >= 15 is 0 Å². The molecule has 0 rings (SSSR count). The monoisotopic (exact) mass is 188 g/mol. The zero-order valence-corrected chi connectivity index (χ0v) is 8.44. The number of carbonyl (C=O) groups excluding carboxylic acids is 1. The molecule has 0 aromatic carbocycles. The normalized spacial score (nSPS) is 10.8. The second kappa shape index (κ2) is 8.79. The molecule has 0 N–H and O–H groups in total. The number of allylic oxidation sites excluding steroid dienone is 2. The van der Waals surface area contributed by atoms with Crippen LogP contribution in [0.1, 0.15) is 45.4 Å². The predicted octanol–water partition coefficient (Wildman–Crippen LogP) is 3.67. The smallest absolute Gasteiger partial charge is 0.225 e. The van der Waals surface area contributed by atoms with Crippen LogP contribution in [0.15, 0.2) is 12.2 Å². The van der Waals surface area contributed by atoms with Crippen molar-refractivity contribution in [1.29, 1.82) is 0 Å². The van der Waals surface area contributed by atoms with Gasteiger partial charge in [0.25, 0.3) is 0 Å². The fraction of sp³-hybridized carbons (Fsp3) is 0.700.